The van der Waals surface area contributed by atoms with Crippen LogP contribution < -0.4 is 15.4 Å². The van der Waals surface area contributed by atoms with Gasteiger partial charge in [0.05, 0.1) is 12.8 Å². The predicted molar refractivity (Wildman–Crippen MR) is 126 cm³/mol. The number of carbonyl (C=O) groups is 1. The van der Waals surface area contributed by atoms with Crippen LogP contribution in [-0.2, 0) is 0 Å². The summed E-state index contributed by atoms with van der Waals surface area (Å²) in [6.07, 6.45) is 0. The molecule has 1 aromatic heterocycles. The van der Waals surface area contributed by atoms with Crippen LogP contribution in [0.25, 0.3) is 11.3 Å². The summed E-state index contributed by atoms with van der Waals surface area (Å²) >= 11 is 4.91. The molecule has 0 saturated carbocycles. The van der Waals surface area contributed by atoms with Gasteiger partial charge in [0.1, 0.15) is 5.75 Å². The molecule has 30 heavy (non-hydrogen) atoms. The molecule has 0 atom stereocenters. The first kappa shape index (κ1) is 20.1. The fraction of sp³-hybridized carbons (Fsp3) is 0.0435. The van der Waals surface area contributed by atoms with E-state index in [1.807, 2.05) is 66.0 Å². The fourth-order valence-corrected chi connectivity index (χ4v) is 3.99. The summed E-state index contributed by atoms with van der Waals surface area (Å²) < 4.78 is 6.05. The maximum atomic E-state index is 12.5. The lowest BCUT2D eigenvalue weighted by atomic mass is 10.1. The van der Waals surface area contributed by atoms with Crippen molar-refractivity contribution in [2.45, 2.75) is 0 Å². The first-order chi connectivity index (χ1) is 14.6. The molecule has 0 aliphatic heterocycles. The molecule has 0 fully saturated rings. The van der Waals surface area contributed by atoms with E-state index in [1.54, 1.807) is 19.2 Å². The molecule has 1 amide bonds. The largest absolute Gasteiger partial charge is 0.497 e. The standard InChI is InChI=1S/C23H18BrN3O2S/c1-29-20-10-8-18(9-11-20)26-23-27-21(14-30-23)15-4-3-7-19(13-15)25-22(28)16-5-2-6-17(24)12-16/h2-14H,1H3,(H,25,28)(H,26,27). The Kier molecular flexibility index (Phi) is 6.11. The fourth-order valence-electron chi connectivity index (χ4n) is 2.85. The molecule has 4 rings (SSSR count). The molecule has 3 aromatic carbocycles. The Labute approximate surface area is 186 Å². The van der Waals surface area contributed by atoms with E-state index < -0.39 is 0 Å². The predicted octanol–water partition coefficient (Wildman–Crippen LogP) is 6.58. The van der Waals surface area contributed by atoms with Gasteiger partial charge in [-0.05, 0) is 54.6 Å². The van der Waals surface area contributed by atoms with Gasteiger partial charge in [0, 0.05) is 32.4 Å². The van der Waals surface area contributed by atoms with Gasteiger partial charge in [-0.2, -0.15) is 0 Å². The van der Waals surface area contributed by atoms with Crippen LogP contribution in [0.15, 0.2) is 82.6 Å². The molecule has 0 unspecified atom stereocenters. The summed E-state index contributed by atoms with van der Waals surface area (Å²) in [5, 5.41) is 9.02. The zero-order valence-corrected chi connectivity index (χ0v) is 18.5. The van der Waals surface area contributed by atoms with Gasteiger partial charge in [-0.3, -0.25) is 4.79 Å². The van der Waals surface area contributed by atoms with Crippen LogP contribution in [0.3, 0.4) is 0 Å². The quantitative estimate of drug-likeness (QED) is 0.327. The minimum absolute atomic E-state index is 0.159. The van der Waals surface area contributed by atoms with Crippen LogP contribution in [0.4, 0.5) is 16.5 Å². The van der Waals surface area contributed by atoms with Crippen LogP contribution in [0.2, 0.25) is 0 Å². The summed E-state index contributed by atoms with van der Waals surface area (Å²) in [6.45, 7) is 0. The zero-order valence-electron chi connectivity index (χ0n) is 16.1. The van der Waals surface area contributed by atoms with Crippen LogP contribution in [0.1, 0.15) is 10.4 Å². The number of benzene rings is 3. The normalized spacial score (nSPS) is 10.5. The molecule has 150 valence electrons. The molecule has 0 spiro atoms. The van der Waals surface area contributed by atoms with E-state index in [1.165, 1.54) is 11.3 Å². The Morgan fingerprint density at radius 2 is 1.80 bits per heavy atom. The van der Waals surface area contributed by atoms with Gasteiger partial charge in [0.2, 0.25) is 0 Å². The molecule has 2 N–H and O–H groups in total. The van der Waals surface area contributed by atoms with Gasteiger partial charge < -0.3 is 15.4 Å². The van der Waals surface area contributed by atoms with Crippen LogP contribution in [-0.4, -0.2) is 18.0 Å². The SMILES string of the molecule is COc1ccc(Nc2nc(-c3cccc(NC(=O)c4cccc(Br)c4)c3)cs2)cc1. The topological polar surface area (TPSA) is 63.2 Å². The van der Waals surface area contributed by atoms with Crippen molar-refractivity contribution in [2.75, 3.05) is 17.7 Å². The van der Waals surface area contributed by atoms with Gasteiger partial charge in [0.15, 0.2) is 5.13 Å². The second-order valence-electron chi connectivity index (χ2n) is 6.44. The van der Waals surface area contributed by atoms with Crippen molar-refractivity contribution >= 4 is 49.7 Å². The van der Waals surface area contributed by atoms with Gasteiger partial charge in [0.25, 0.3) is 5.91 Å². The maximum Gasteiger partial charge on any atom is 0.255 e. The van der Waals surface area contributed by atoms with Crippen molar-refractivity contribution in [3.63, 3.8) is 0 Å². The van der Waals surface area contributed by atoms with Crippen molar-refractivity contribution in [3.05, 3.63) is 88.2 Å². The summed E-state index contributed by atoms with van der Waals surface area (Å²) in [6, 6.07) is 22.6. The first-order valence-electron chi connectivity index (χ1n) is 9.15. The number of anilines is 3. The number of nitrogens with one attached hydrogen (secondary N) is 2. The molecule has 0 aliphatic carbocycles. The molecule has 0 radical (unpaired) electrons. The molecule has 4 aromatic rings. The van der Waals surface area contributed by atoms with Crippen molar-refractivity contribution in [2.24, 2.45) is 0 Å². The van der Waals surface area contributed by atoms with Crippen molar-refractivity contribution in [1.82, 2.24) is 4.98 Å². The number of hydrogen-bond donors (Lipinski definition) is 2. The number of hydrogen-bond acceptors (Lipinski definition) is 5. The Bertz CT molecular complexity index is 1180. The van der Waals surface area contributed by atoms with E-state index in [2.05, 4.69) is 31.5 Å². The minimum atomic E-state index is -0.159. The van der Waals surface area contributed by atoms with Gasteiger partial charge >= 0.3 is 0 Å². The van der Waals surface area contributed by atoms with Gasteiger partial charge in [-0.25, -0.2) is 4.98 Å². The number of aromatic nitrogens is 1. The number of ether oxygens (including phenoxy) is 1. The van der Waals surface area contributed by atoms with Gasteiger partial charge in [-0.1, -0.05) is 34.1 Å². The molecule has 0 bridgehead atoms. The number of methoxy groups -OCH3 is 1. The van der Waals surface area contributed by atoms with E-state index in [0.717, 1.165) is 38.0 Å². The van der Waals surface area contributed by atoms with Crippen LogP contribution >= 0.6 is 27.3 Å². The van der Waals surface area contributed by atoms with E-state index in [4.69, 9.17) is 4.74 Å². The smallest absolute Gasteiger partial charge is 0.255 e. The van der Waals surface area contributed by atoms with Crippen LogP contribution in [0, 0.1) is 0 Å². The minimum Gasteiger partial charge on any atom is -0.497 e. The highest BCUT2D eigenvalue weighted by molar-refractivity contribution is 9.10. The number of thiazole rings is 1. The van der Waals surface area contributed by atoms with Crippen molar-refractivity contribution < 1.29 is 9.53 Å². The Morgan fingerprint density at radius 3 is 2.57 bits per heavy atom. The lowest BCUT2D eigenvalue weighted by Crippen LogP contribution is -2.11. The van der Waals surface area contributed by atoms with Crippen molar-refractivity contribution in [3.8, 4) is 17.0 Å². The lowest BCUT2D eigenvalue weighted by molar-refractivity contribution is 0.102. The average Bonchev–Trinajstić information content (AvgIpc) is 3.23. The van der Waals surface area contributed by atoms with E-state index in [9.17, 15) is 4.79 Å². The highest BCUT2D eigenvalue weighted by atomic mass is 79.9. The Morgan fingerprint density at radius 1 is 1.00 bits per heavy atom. The summed E-state index contributed by atoms with van der Waals surface area (Å²) in [7, 11) is 1.64. The molecule has 0 saturated heterocycles. The summed E-state index contributed by atoms with van der Waals surface area (Å²) in [5.41, 5.74) is 4.02. The molecule has 7 heteroatoms. The van der Waals surface area contributed by atoms with Crippen molar-refractivity contribution in [1.29, 1.82) is 0 Å². The van der Waals surface area contributed by atoms with Gasteiger partial charge in [-0.15, -0.1) is 11.3 Å². The third kappa shape index (κ3) is 4.87. The molecule has 5 nitrogen and oxygen atoms in total. The zero-order chi connectivity index (χ0) is 20.9. The van der Waals surface area contributed by atoms with Crippen LogP contribution in [0.5, 0.6) is 5.75 Å². The highest BCUT2D eigenvalue weighted by Gasteiger charge is 2.09. The number of nitrogens with zero attached hydrogens (tertiary/aromatic N) is 1. The van der Waals surface area contributed by atoms with E-state index >= 15 is 0 Å². The van der Waals surface area contributed by atoms with E-state index in [-0.39, 0.29) is 5.91 Å². The molecule has 0 aliphatic rings. The lowest BCUT2D eigenvalue weighted by Gasteiger charge is -2.07. The molecular formula is C23H18BrN3O2S. The summed E-state index contributed by atoms with van der Waals surface area (Å²) in [4.78, 5) is 17.2. The number of rotatable bonds is 6. The third-order valence-electron chi connectivity index (χ3n) is 4.35. The molecular weight excluding hydrogens is 462 g/mol. The maximum absolute atomic E-state index is 12.5. The number of carbonyl (C=O) groups excluding carboxylic acids is 1. The Balaban J connectivity index is 1.48. The average molecular weight is 480 g/mol. The highest BCUT2D eigenvalue weighted by Crippen LogP contribution is 2.29. The number of halogens is 1. The summed E-state index contributed by atoms with van der Waals surface area (Å²) in [5.74, 6) is 0.649. The third-order valence-corrected chi connectivity index (χ3v) is 5.60. The first-order valence-corrected chi connectivity index (χ1v) is 10.8. The molecule has 1 heterocycles. The number of amides is 1. The Hall–Kier alpha value is -3.16. The second kappa shape index (κ2) is 9.11. The second-order valence-corrected chi connectivity index (χ2v) is 8.21. The van der Waals surface area contributed by atoms with E-state index in [0.29, 0.717) is 5.56 Å². The monoisotopic (exact) mass is 479 g/mol.